The highest BCUT2D eigenvalue weighted by Crippen LogP contribution is 2.13. The van der Waals surface area contributed by atoms with Gasteiger partial charge in [-0.2, -0.15) is 5.10 Å². The van der Waals surface area contributed by atoms with E-state index >= 15 is 0 Å². The fourth-order valence-corrected chi connectivity index (χ4v) is 2.25. The number of primary amides is 1. The second kappa shape index (κ2) is 7.28. The molecule has 2 rings (SSSR count). The summed E-state index contributed by atoms with van der Waals surface area (Å²) in [6, 6.07) is 7.94. The molecule has 122 valence electrons. The summed E-state index contributed by atoms with van der Waals surface area (Å²) in [6.45, 7) is 3.80. The predicted octanol–water partition coefficient (Wildman–Crippen LogP) is 2.16. The molecule has 2 amide bonds. The number of rotatable bonds is 6. The number of carbonyl (C=O) groups excluding carboxylic acids is 2. The van der Waals surface area contributed by atoms with Crippen molar-refractivity contribution in [1.82, 2.24) is 15.1 Å². The first-order chi connectivity index (χ1) is 10.9. The van der Waals surface area contributed by atoms with Crippen LogP contribution in [0.5, 0.6) is 0 Å². The molecule has 0 saturated heterocycles. The SMILES string of the molecule is CC[C@H](C)[C@H](NC(=O)c1ccn(-c2ccc(Cl)cc2)n1)C(N)=O. The van der Waals surface area contributed by atoms with E-state index in [2.05, 4.69) is 10.4 Å². The topological polar surface area (TPSA) is 90.0 Å². The number of hydrogen-bond acceptors (Lipinski definition) is 3. The number of carbonyl (C=O) groups is 2. The van der Waals surface area contributed by atoms with Gasteiger partial charge in [0.05, 0.1) is 5.69 Å². The van der Waals surface area contributed by atoms with Crippen LogP contribution in [-0.2, 0) is 4.79 Å². The minimum atomic E-state index is -0.715. The Kier molecular flexibility index (Phi) is 5.39. The van der Waals surface area contributed by atoms with E-state index in [1.54, 1.807) is 41.2 Å². The van der Waals surface area contributed by atoms with Crippen molar-refractivity contribution in [3.63, 3.8) is 0 Å². The van der Waals surface area contributed by atoms with E-state index in [0.717, 1.165) is 12.1 Å². The lowest BCUT2D eigenvalue weighted by molar-refractivity contribution is -0.120. The van der Waals surface area contributed by atoms with Crippen LogP contribution in [0.2, 0.25) is 5.02 Å². The number of nitrogens with one attached hydrogen (secondary N) is 1. The Labute approximate surface area is 139 Å². The van der Waals surface area contributed by atoms with Crippen molar-refractivity contribution in [2.24, 2.45) is 11.7 Å². The molecule has 0 aliphatic heterocycles. The van der Waals surface area contributed by atoms with Crippen molar-refractivity contribution in [3.05, 3.63) is 47.2 Å². The second-order valence-electron chi connectivity index (χ2n) is 5.36. The van der Waals surface area contributed by atoms with Crippen LogP contribution in [0.4, 0.5) is 0 Å². The standard InChI is InChI=1S/C16H19ClN4O2/c1-3-10(2)14(15(18)22)19-16(23)13-8-9-21(20-13)12-6-4-11(17)5-7-12/h4-10,14H,3H2,1-2H3,(H2,18,22)(H,19,23)/t10-,14-/m0/s1. The van der Waals surface area contributed by atoms with Gasteiger partial charge in [-0.25, -0.2) is 4.68 Å². The molecule has 2 atom stereocenters. The number of benzene rings is 1. The van der Waals surface area contributed by atoms with E-state index < -0.39 is 17.9 Å². The van der Waals surface area contributed by atoms with Crippen molar-refractivity contribution in [2.45, 2.75) is 26.3 Å². The smallest absolute Gasteiger partial charge is 0.272 e. The monoisotopic (exact) mass is 334 g/mol. The number of halogens is 1. The van der Waals surface area contributed by atoms with E-state index in [-0.39, 0.29) is 11.6 Å². The molecule has 0 aliphatic carbocycles. The Morgan fingerprint density at radius 2 is 1.96 bits per heavy atom. The molecule has 0 spiro atoms. The van der Waals surface area contributed by atoms with Crippen LogP contribution >= 0.6 is 11.6 Å². The maximum Gasteiger partial charge on any atom is 0.272 e. The minimum Gasteiger partial charge on any atom is -0.368 e. The predicted molar refractivity (Wildman–Crippen MR) is 88.5 cm³/mol. The fraction of sp³-hybridized carbons (Fsp3) is 0.312. The first-order valence-electron chi connectivity index (χ1n) is 7.34. The number of nitrogens with zero attached hydrogens (tertiary/aromatic N) is 2. The lowest BCUT2D eigenvalue weighted by Crippen LogP contribution is -2.48. The fourth-order valence-electron chi connectivity index (χ4n) is 2.13. The van der Waals surface area contributed by atoms with Gasteiger partial charge < -0.3 is 11.1 Å². The average Bonchev–Trinajstić information content (AvgIpc) is 3.02. The van der Waals surface area contributed by atoms with Gasteiger partial charge in [0.2, 0.25) is 5.91 Å². The Morgan fingerprint density at radius 1 is 1.30 bits per heavy atom. The molecule has 1 aromatic heterocycles. The van der Waals surface area contributed by atoms with Gasteiger partial charge >= 0.3 is 0 Å². The summed E-state index contributed by atoms with van der Waals surface area (Å²) in [6.07, 6.45) is 2.40. The number of hydrogen-bond donors (Lipinski definition) is 2. The molecule has 0 unspecified atom stereocenters. The molecular weight excluding hydrogens is 316 g/mol. The molecule has 7 heteroatoms. The van der Waals surface area contributed by atoms with Crippen LogP contribution in [0, 0.1) is 5.92 Å². The molecule has 1 aromatic carbocycles. The van der Waals surface area contributed by atoms with Crippen molar-refractivity contribution in [2.75, 3.05) is 0 Å². The van der Waals surface area contributed by atoms with E-state index in [4.69, 9.17) is 17.3 Å². The molecule has 0 aliphatic rings. The highest BCUT2D eigenvalue weighted by Gasteiger charge is 2.25. The maximum absolute atomic E-state index is 12.3. The third kappa shape index (κ3) is 4.10. The number of amides is 2. The van der Waals surface area contributed by atoms with Gasteiger partial charge in [0.25, 0.3) is 5.91 Å². The number of aromatic nitrogens is 2. The van der Waals surface area contributed by atoms with E-state index in [1.807, 2.05) is 13.8 Å². The molecule has 23 heavy (non-hydrogen) atoms. The summed E-state index contributed by atoms with van der Waals surface area (Å²) in [4.78, 5) is 23.8. The van der Waals surface area contributed by atoms with Crippen LogP contribution in [0.3, 0.4) is 0 Å². The summed E-state index contributed by atoms with van der Waals surface area (Å²) >= 11 is 5.85. The van der Waals surface area contributed by atoms with E-state index in [9.17, 15) is 9.59 Å². The molecule has 6 nitrogen and oxygen atoms in total. The average molecular weight is 335 g/mol. The quantitative estimate of drug-likeness (QED) is 0.848. The van der Waals surface area contributed by atoms with Crippen LogP contribution in [0.1, 0.15) is 30.8 Å². The van der Waals surface area contributed by atoms with E-state index in [0.29, 0.717) is 5.02 Å². The van der Waals surface area contributed by atoms with Gasteiger partial charge in [-0.1, -0.05) is 31.9 Å². The van der Waals surface area contributed by atoms with Crippen LogP contribution < -0.4 is 11.1 Å². The molecule has 0 bridgehead atoms. The summed E-state index contributed by atoms with van der Waals surface area (Å²) in [5.74, 6) is -1.03. The highest BCUT2D eigenvalue weighted by atomic mass is 35.5. The summed E-state index contributed by atoms with van der Waals surface area (Å²) in [5, 5.41) is 7.49. The minimum absolute atomic E-state index is 0.0465. The molecule has 0 radical (unpaired) electrons. The normalized spacial score (nSPS) is 13.3. The summed E-state index contributed by atoms with van der Waals surface area (Å²) < 4.78 is 1.56. The zero-order valence-electron chi connectivity index (χ0n) is 13.0. The zero-order chi connectivity index (χ0) is 17.0. The third-order valence-corrected chi connectivity index (χ3v) is 3.97. The Hall–Kier alpha value is -2.34. The van der Waals surface area contributed by atoms with Gasteiger partial charge in [0.1, 0.15) is 6.04 Å². The summed E-state index contributed by atoms with van der Waals surface area (Å²) in [5.41, 5.74) is 6.35. The van der Waals surface area contributed by atoms with Gasteiger partial charge in [0.15, 0.2) is 5.69 Å². The Bertz CT molecular complexity index is 696. The van der Waals surface area contributed by atoms with Crippen molar-refractivity contribution < 1.29 is 9.59 Å². The first-order valence-corrected chi connectivity index (χ1v) is 7.72. The Balaban J connectivity index is 2.14. The molecule has 2 aromatic rings. The molecule has 1 heterocycles. The van der Waals surface area contributed by atoms with Crippen LogP contribution in [-0.4, -0.2) is 27.6 Å². The van der Waals surface area contributed by atoms with Gasteiger partial charge in [-0.15, -0.1) is 0 Å². The van der Waals surface area contributed by atoms with Gasteiger partial charge in [-0.3, -0.25) is 9.59 Å². The molecule has 0 saturated carbocycles. The zero-order valence-corrected chi connectivity index (χ0v) is 13.7. The third-order valence-electron chi connectivity index (χ3n) is 3.72. The molecular formula is C16H19ClN4O2. The molecule has 0 fully saturated rings. The van der Waals surface area contributed by atoms with Gasteiger partial charge in [0, 0.05) is 11.2 Å². The van der Waals surface area contributed by atoms with Crippen LogP contribution in [0.15, 0.2) is 36.5 Å². The first kappa shape index (κ1) is 17.0. The largest absolute Gasteiger partial charge is 0.368 e. The lowest BCUT2D eigenvalue weighted by Gasteiger charge is -2.20. The lowest BCUT2D eigenvalue weighted by atomic mass is 9.98. The maximum atomic E-state index is 12.3. The molecule has 3 N–H and O–H groups in total. The van der Waals surface area contributed by atoms with Crippen LogP contribution in [0.25, 0.3) is 5.69 Å². The van der Waals surface area contributed by atoms with Crippen molar-refractivity contribution in [1.29, 1.82) is 0 Å². The highest BCUT2D eigenvalue weighted by molar-refractivity contribution is 6.30. The van der Waals surface area contributed by atoms with Gasteiger partial charge in [-0.05, 0) is 36.2 Å². The number of nitrogens with two attached hydrogens (primary N) is 1. The van der Waals surface area contributed by atoms with Crippen molar-refractivity contribution >= 4 is 23.4 Å². The Morgan fingerprint density at radius 3 is 2.52 bits per heavy atom. The van der Waals surface area contributed by atoms with Crippen molar-refractivity contribution in [3.8, 4) is 5.69 Å². The summed E-state index contributed by atoms with van der Waals surface area (Å²) in [7, 11) is 0. The van der Waals surface area contributed by atoms with E-state index in [1.165, 1.54) is 0 Å². The second-order valence-corrected chi connectivity index (χ2v) is 5.80.